The molecule has 0 unspecified atom stereocenters. The van der Waals surface area contributed by atoms with Crippen molar-refractivity contribution in [3.05, 3.63) is 41.6 Å². The second kappa shape index (κ2) is 6.73. The van der Waals surface area contributed by atoms with E-state index in [4.69, 9.17) is 4.74 Å². The number of carbonyl (C=O) groups excluding carboxylic acids is 1. The summed E-state index contributed by atoms with van der Waals surface area (Å²) in [5.41, 5.74) is -0.421. The van der Waals surface area contributed by atoms with Crippen molar-refractivity contribution < 1.29 is 22.7 Å². The summed E-state index contributed by atoms with van der Waals surface area (Å²) in [4.78, 5) is 21.9. The Morgan fingerprint density at radius 1 is 1.21 bits per heavy atom. The molecule has 24 heavy (non-hydrogen) atoms. The van der Waals surface area contributed by atoms with Crippen LogP contribution in [0.2, 0.25) is 0 Å². The second-order valence-corrected chi connectivity index (χ2v) is 5.02. The molecule has 1 heterocycles. The third-order valence-electron chi connectivity index (χ3n) is 3.08. The number of nitrogens with one attached hydrogen (secondary N) is 1. The monoisotopic (exact) mass is 340 g/mol. The Labute approximate surface area is 136 Å². The van der Waals surface area contributed by atoms with Crippen molar-refractivity contribution in [2.45, 2.75) is 6.18 Å². The van der Waals surface area contributed by atoms with Gasteiger partial charge in [0, 0.05) is 19.7 Å². The van der Waals surface area contributed by atoms with Crippen LogP contribution in [-0.4, -0.2) is 37.1 Å². The number of methoxy groups -OCH3 is 1. The molecule has 2 rings (SSSR count). The molecule has 0 aliphatic carbocycles. The van der Waals surface area contributed by atoms with Gasteiger partial charge in [0.05, 0.1) is 18.9 Å². The van der Waals surface area contributed by atoms with Crippen molar-refractivity contribution in [1.29, 1.82) is 0 Å². The summed E-state index contributed by atoms with van der Waals surface area (Å²) in [5.74, 6) is -0.164. The first-order valence-corrected chi connectivity index (χ1v) is 6.79. The van der Waals surface area contributed by atoms with E-state index in [1.807, 2.05) is 0 Å². The summed E-state index contributed by atoms with van der Waals surface area (Å²) >= 11 is 0. The van der Waals surface area contributed by atoms with Gasteiger partial charge in [-0.15, -0.1) is 0 Å². The number of amides is 1. The van der Waals surface area contributed by atoms with Gasteiger partial charge >= 0.3 is 12.2 Å². The maximum atomic E-state index is 12.5. The van der Waals surface area contributed by atoms with Crippen LogP contribution >= 0.6 is 0 Å². The van der Waals surface area contributed by atoms with Crippen molar-refractivity contribution >= 4 is 17.4 Å². The smallest absolute Gasteiger partial charge is 0.416 e. The van der Waals surface area contributed by atoms with Gasteiger partial charge in [0.2, 0.25) is 0 Å². The first-order valence-electron chi connectivity index (χ1n) is 6.79. The van der Waals surface area contributed by atoms with Crippen LogP contribution in [0.3, 0.4) is 0 Å². The standard InChI is InChI=1S/C15H15F3N4O2/c1-22(2)12-11(8-19-14(21-12)24-3)20-13(23)9-4-6-10(7-5-9)15(16,17)18/h4-8H,1-3H3,(H,20,23). The first kappa shape index (κ1) is 17.5. The van der Waals surface area contributed by atoms with E-state index in [0.29, 0.717) is 11.5 Å². The molecule has 0 fully saturated rings. The zero-order chi connectivity index (χ0) is 17.9. The Bertz CT molecular complexity index is 730. The first-order chi connectivity index (χ1) is 11.2. The molecule has 0 radical (unpaired) electrons. The third-order valence-corrected chi connectivity index (χ3v) is 3.08. The van der Waals surface area contributed by atoms with E-state index in [-0.39, 0.29) is 11.6 Å². The Morgan fingerprint density at radius 2 is 1.83 bits per heavy atom. The summed E-state index contributed by atoms with van der Waals surface area (Å²) in [6.07, 6.45) is -3.08. The molecule has 0 atom stereocenters. The minimum Gasteiger partial charge on any atom is -0.467 e. The quantitative estimate of drug-likeness (QED) is 0.927. The van der Waals surface area contributed by atoms with E-state index in [1.165, 1.54) is 13.3 Å². The molecule has 1 amide bonds. The number of halogens is 3. The summed E-state index contributed by atoms with van der Waals surface area (Å²) in [6, 6.07) is 4.06. The molecular weight excluding hydrogens is 325 g/mol. The Balaban J connectivity index is 2.23. The van der Waals surface area contributed by atoms with Crippen molar-refractivity contribution in [2.24, 2.45) is 0 Å². The van der Waals surface area contributed by atoms with Gasteiger partial charge in [-0.1, -0.05) is 0 Å². The van der Waals surface area contributed by atoms with Crippen molar-refractivity contribution in [3.63, 3.8) is 0 Å². The molecule has 0 saturated carbocycles. The largest absolute Gasteiger partial charge is 0.467 e. The van der Waals surface area contributed by atoms with Crippen molar-refractivity contribution in [1.82, 2.24) is 9.97 Å². The highest BCUT2D eigenvalue weighted by Crippen LogP contribution is 2.29. The Morgan fingerprint density at radius 3 is 2.33 bits per heavy atom. The van der Waals surface area contributed by atoms with Gasteiger partial charge in [-0.2, -0.15) is 18.2 Å². The lowest BCUT2D eigenvalue weighted by Crippen LogP contribution is -2.18. The molecule has 0 saturated heterocycles. The molecule has 1 aromatic heterocycles. The summed E-state index contributed by atoms with van der Waals surface area (Å²) in [5, 5.41) is 2.58. The number of rotatable bonds is 4. The van der Waals surface area contributed by atoms with Gasteiger partial charge in [0.1, 0.15) is 5.69 Å². The lowest BCUT2D eigenvalue weighted by Gasteiger charge is -2.17. The fraction of sp³-hybridized carbons (Fsp3) is 0.267. The van der Waals surface area contributed by atoms with Crippen LogP contribution in [0.1, 0.15) is 15.9 Å². The average molecular weight is 340 g/mol. The topological polar surface area (TPSA) is 67.3 Å². The van der Waals surface area contributed by atoms with Crippen LogP contribution in [0.4, 0.5) is 24.7 Å². The number of hydrogen-bond donors (Lipinski definition) is 1. The van der Waals surface area contributed by atoms with Gasteiger partial charge in [-0.25, -0.2) is 4.98 Å². The molecule has 0 aliphatic heterocycles. The highest BCUT2D eigenvalue weighted by atomic mass is 19.4. The SMILES string of the molecule is COc1ncc(NC(=O)c2ccc(C(F)(F)F)cc2)c(N(C)C)n1. The number of ether oxygens (including phenoxy) is 1. The number of carbonyl (C=O) groups is 1. The van der Waals surface area contributed by atoms with E-state index in [0.717, 1.165) is 24.3 Å². The van der Waals surface area contributed by atoms with Crippen molar-refractivity contribution in [3.8, 4) is 6.01 Å². The molecule has 1 N–H and O–H groups in total. The van der Waals surface area contributed by atoms with E-state index in [9.17, 15) is 18.0 Å². The number of aromatic nitrogens is 2. The molecular formula is C15H15F3N4O2. The fourth-order valence-electron chi connectivity index (χ4n) is 1.89. The van der Waals surface area contributed by atoms with E-state index >= 15 is 0 Å². The summed E-state index contributed by atoms with van der Waals surface area (Å²) in [7, 11) is 4.85. The van der Waals surface area contributed by atoms with Crippen LogP contribution in [0.25, 0.3) is 0 Å². The molecule has 6 nitrogen and oxygen atoms in total. The minimum absolute atomic E-state index is 0.0866. The molecule has 0 bridgehead atoms. The maximum Gasteiger partial charge on any atom is 0.416 e. The summed E-state index contributed by atoms with van der Waals surface area (Å²) < 4.78 is 42.6. The minimum atomic E-state index is -4.45. The van der Waals surface area contributed by atoms with Gasteiger partial charge in [-0.3, -0.25) is 4.79 Å². The van der Waals surface area contributed by atoms with Crippen LogP contribution < -0.4 is 15.0 Å². The number of alkyl halides is 3. The summed E-state index contributed by atoms with van der Waals surface area (Å²) in [6.45, 7) is 0. The Kier molecular flexibility index (Phi) is 4.91. The molecule has 0 spiro atoms. The van der Waals surface area contributed by atoms with Gasteiger partial charge in [0.25, 0.3) is 5.91 Å². The van der Waals surface area contributed by atoms with Gasteiger partial charge in [0.15, 0.2) is 5.82 Å². The maximum absolute atomic E-state index is 12.5. The highest BCUT2D eigenvalue weighted by Gasteiger charge is 2.30. The average Bonchev–Trinajstić information content (AvgIpc) is 2.54. The van der Waals surface area contributed by atoms with Crippen LogP contribution in [0, 0.1) is 0 Å². The van der Waals surface area contributed by atoms with E-state index in [1.54, 1.807) is 19.0 Å². The van der Waals surface area contributed by atoms with Gasteiger partial charge in [-0.05, 0) is 24.3 Å². The van der Waals surface area contributed by atoms with Crippen LogP contribution in [0.15, 0.2) is 30.5 Å². The van der Waals surface area contributed by atoms with Crippen LogP contribution in [-0.2, 0) is 6.18 Å². The number of anilines is 2. The molecule has 2 aromatic rings. The zero-order valence-corrected chi connectivity index (χ0v) is 13.2. The fourth-order valence-corrected chi connectivity index (χ4v) is 1.89. The second-order valence-electron chi connectivity index (χ2n) is 5.02. The number of hydrogen-bond acceptors (Lipinski definition) is 5. The van der Waals surface area contributed by atoms with Gasteiger partial charge < -0.3 is 15.0 Å². The lowest BCUT2D eigenvalue weighted by atomic mass is 10.1. The number of nitrogens with zero attached hydrogens (tertiary/aromatic N) is 3. The van der Waals surface area contributed by atoms with Crippen LogP contribution in [0.5, 0.6) is 6.01 Å². The predicted octanol–water partition coefficient (Wildman–Crippen LogP) is 2.82. The lowest BCUT2D eigenvalue weighted by molar-refractivity contribution is -0.137. The van der Waals surface area contributed by atoms with E-state index in [2.05, 4.69) is 15.3 Å². The predicted molar refractivity (Wildman–Crippen MR) is 82.3 cm³/mol. The van der Waals surface area contributed by atoms with E-state index < -0.39 is 17.6 Å². The molecule has 1 aromatic carbocycles. The third kappa shape index (κ3) is 3.92. The highest BCUT2D eigenvalue weighted by molar-refractivity contribution is 6.05. The van der Waals surface area contributed by atoms with Crippen molar-refractivity contribution in [2.75, 3.05) is 31.4 Å². The molecule has 128 valence electrons. The molecule has 9 heteroatoms. The normalized spacial score (nSPS) is 11.1. The Hall–Kier alpha value is -2.84. The molecule has 0 aliphatic rings. The zero-order valence-electron chi connectivity index (χ0n) is 13.2. The number of benzene rings is 1.